The number of aromatic nitrogens is 1. The highest BCUT2D eigenvalue weighted by atomic mass is 32.1. The zero-order valence-corrected chi connectivity index (χ0v) is 16.1. The highest BCUT2D eigenvalue weighted by Gasteiger charge is 2.11. The fourth-order valence-corrected chi connectivity index (χ4v) is 3.13. The van der Waals surface area contributed by atoms with Gasteiger partial charge in [-0.2, -0.15) is 0 Å². The topological polar surface area (TPSA) is 69.7 Å². The normalized spacial score (nSPS) is 10.3. The van der Waals surface area contributed by atoms with Crippen molar-refractivity contribution < 1.29 is 19.0 Å². The zero-order valence-electron chi connectivity index (χ0n) is 15.3. The van der Waals surface area contributed by atoms with E-state index in [1.54, 1.807) is 14.2 Å². The highest BCUT2D eigenvalue weighted by Crippen LogP contribution is 2.33. The number of ether oxygens (including phenoxy) is 3. The average molecular weight is 384 g/mol. The van der Waals surface area contributed by atoms with Crippen molar-refractivity contribution >= 4 is 22.4 Å². The van der Waals surface area contributed by atoms with Crippen molar-refractivity contribution in [2.75, 3.05) is 26.1 Å². The largest absolute Gasteiger partial charge is 0.493 e. The van der Waals surface area contributed by atoms with Crippen molar-refractivity contribution in [3.05, 3.63) is 53.4 Å². The Balaban J connectivity index is 1.62. The first-order valence-corrected chi connectivity index (χ1v) is 9.14. The number of methoxy groups -OCH3 is 2. The van der Waals surface area contributed by atoms with Crippen LogP contribution in [0.2, 0.25) is 0 Å². The number of hydrogen-bond donors (Lipinski definition) is 1. The SMILES string of the molecule is COc1ccc(-c2csc(NC(=O)COc3ccc(C)cc3)n2)cc1OC. The van der Waals surface area contributed by atoms with Gasteiger partial charge >= 0.3 is 0 Å². The molecule has 2 aromatic carbocycles. The summed E-state index contributed by atoms with van der Waals surface area (Å²) < 4.78 is 16.0. The molecule has 140 valence electrons. The van der Waals surface area contributed by atoms with Gasteiger partial charge in [-0.1, -0.05) is 17.7 Å². The van der Waals surface area contributed by atoms with Gasteiger partial charge in [-0.15, -0.1) is 11.3 Å². The quantitative estimate of drug-likeness (QED) is 0.663. The average Bonchev–Trinajstić information content (AvgIpc) is 3.15. The van der Waals surface area contributed by atoms with E-state index in [9.17, 15) is 4.79 Å². The number of rotatable bonds is 7. The number of hydrogen-bond acceptors (Lipinski definition) is 6. The van der Waals surface area contributed by atoms with Gasteiger partial charge in [-0.05, 0) is 37.3 Å². The van der Waals surface area contributed by atoms with E-state index < -0.39 is 0 Å². The number of nitrogens with one attached hydrogen (secondary N) is 1. The molecule has 0 radical (unpaired) electrons. The molecular weight excluding hydrogens is 364 g/mol. The van der Waals surface area contributed by atoms with Gasteiger partial charge in [0.05, 0.1) is 19.9 Å². The molecule has 0 atom stereocenters. The maximum absolute atomic E-state index is 12.1. The minimum Gasteiger partial charge on any atom is -0.493 e. The molecule has 27 heavy (non-hydrogen) atoms. The molecule has 0 bridgehead atoms. The van der Waals surface area contributed by atoms with Crippen LogP contribution in [0.4, 0.5) is 5.13 Å². The number of benzene rings is 2. The van der Waals surface area contributed by atoms with Crippen LogP contribution in [-0.4, -0.2) is 31.7 Å². The first-order chi connectivity index (χ1) is 13.1. The predicted molar refractivity (Wildman–Crippen MR) is 106 cm³/mol. The van der Waals surface area contributed by atoms with Gasteiger partial charge < -0.3 is 14.2 Å². The molecule has 0 aliphatic rings. The van der Waals surface area contributed by atoms with Crippen molar-refractivity contribution in [3.8, 4) is 28.5 Å². The van der Waals surface area contributed by atoms with Crippen LogP contribution >= 0.6 is 11.3 Å². The zero-order chi connectivity index (χ0) is 19.2. The van der Waals surface area contributed by atoms with E-state index in [1.165, 1.54) is 11.3 Å². The standard InChI is InChI=1S/C20H20N2O4S/c1-13-4-7-15(8-5-13)26-11-19(23)22-20-21-16(12-27-20)14-6-9-17(24-2)18(10-14)25-3/h4-10,12H,11H2,1-3H3,(H,21,22,23). The summed E-state index contributed by atoms with van der Waals surface area (Å²) in [5, 5.41) is 5.14. The van der Waals surface area contributed by atoms with E-state index in [-0.39, 0.29) is 12.5 Å². The molecule has 1 heterocycles. The van der Waals surface area contributed by atoms with Crippen molar-refractivity contribution in [2.24, 2.45) is 0 Å². The summed E-state index contributed by atoms with van der Waals surface area (Å²) in [5.74, 6) is 1.67. The lowest BCUT2D eigenvalue weighted by Crippen LogP contribution is -2.20. The smallest absolute Gasteiger partial charge is 0.264 e. The van der Waals surface area contributed by atoms with E-state index in [4.69, 9.17) is 14.2 Å². The van der Waals surface area contributed by atoms with Crippen LogP contribution in [0.15, 0.2) is 47.8 Å². The number of nitrogens with zero attached hydrogens (tertiary/aromatic N) is 1. The number of thiazole rings is 1. The van der Waals surface area contributed by atoms with Crippen LogP contribution in [0.3, 0.4) is 0 Å². The minimum absolute atomic E-state index is 0.0751. The molecule has 3 aromatic rings. The van der Waals surface area contributed by atoms with Crippen LogP contribution in [0.25, 0.3) is 11.3 Å². The molecule has 1 aromatic heterocycles. The Bertz CT molecular complexity index is 922. The summed E-state index contributed by atoms with van der Waals surface area (Å²) >= 11 is 1.35. The summed E-state index contributed by atoms with van der Waals surface area (Å²) in [4.78, 5) is 16.5. The first kappa shape index (κ1) is 18.7. The second-order valence-electron chi connectivity index (χ2n) is 5.76. The Kier molecular flexibility index (Phi) is 5.93. The van der Waals surface area contributed by atoms with Crippen molar-refractivity contribution in [1.29, 1.82) is 0 Å². The molecule has 0 spiro atoms. The van der Waals surface area contributed by atoms with Crippen molar-refractivity contribution in [2.45, 2.75) is 6.92 Å². The van der Waals surface area contributed by atoms with Gasteiger partial charge in [-0.25, -0.2) is 4.98 Å². The fraction of sp³-hybridized carbons (Fsp3) is 0.200. The lowest BCUT2D eigenvalue weighted by molar-refractivity contribution is -0.118. The third-order valence-corrected chi connectivity index (χ3v) is 4.58. The molecule has 7 heteroatoms. The first-order valence-electron chi connectivity index (χ1n) is 8.26. The lowest BCUT2D eigenvalue weighted by Gasteiger charge is -2.08. The Morgan fingerprint density at radius 3 is 2.52 bits per heavy atom. The second-order valence-corrected chi connectivity index (χ2v) is 6.62. The molecule has 0 saturated carbocycles. The summed E-state index contributed by atoms with van der Waals surface area (Å²) in [6.07, 6.45) is 0. The molecule has 0 aliphatic carbocycles. The molecule has 1 amide bonds. The summed E-state index contributed by atoms with van der Waals surface area (Å²) in [6, 6.07) is 13.1. The molecule has 0 aliphatic heterocycles. The summed E-state index contributed by atoms with van der Waals surface area (Å²) in [5.41, 5.74) is 2.76. The van der Waals surface area contributed by atoms with E-state index in [0.29, 0.717) is 22.4 Å². The van der Waals surface area contributed by atoms with Crippen molar-refractivity contribution in [3.63, 3.8) is 0 Å². The number of carbonyl (C=O) groups is 1. The van der Waals surface area contributed by atoms with Gasteiger partial charge in [0.1, 0.15) is 5.75 Å². The molecule has 3 rings (SSSR count). The molecule has 6 nitrogen and oxygen atoms in total. The van der Waals surface area contributed by atoms with Gasteiger partial charge in [-0.3, -0.25) is 10.1 Å². The third-order valence-electron chi connectivity index (χ3n) is 3.82. The molecular formula is C20H20N2O4S. The summed E-state index contributed by atoms with van der Waals surface area (Å²) in [7, 11) is 3.18. The van der Waals surface area contributed by atoms with Crippen LogP contribution in [0, 0.1) is 6.92 Å². The predicted octanol–water partition coefficient (Wildman–Crippen LogP) is 4.15. The van der Waals surface area contributed by atoms with E-state index in [1.807, 2.05) is 54.8 Å². The van der Waals surface area contributed by atoms with Crippen LogP contribution < -0.4 is 19.5 Å². The van der Waals surface area contributed by atoms with Crippen LogP contribution in [0.1, 0.15) is 5.56 Å². The lowest BCUT2D eigenvalue weighted by atomic mass is 10.1. The van der Waals surface area contributed by atoms with Gasteiger partial charge in [0.2, 0.25) is 0 Å². The third kappa shape index (κ3) is 4.77. The second kappa shape index (κ2) is 8.55. The Hall–Kier alpha value is -3.06. The number of carbonyl (C=O) groups excluding carboxylic acids is 1. The number of amides is 1. The van der Waals surface area contributed by atoms with Crippen molar-refractivity contribution in [1.82, 2.24) is 4.98 Å². The maximum atomic E-state index is 12.1. The number of anilines is 1. The van der Waals surface area contributed by atoms with Gasteiger partial charge in [0, 0.05) is 10.9 Å². The Labute approximate surface area is 161 Å². The highest BCUT2D eigenvalue weighted by molar-refractivity contribution is 7.14. The monoisotopic (exact) mass is 384 g/mol. The summed E-state index contributed by atoms with van der Waals surface area (Å²) in [6.45, 7) is 1.92. The van der Waals surface area contributed by atoms with E-state index >= 15 is 0 Å². The molecule has 0 fully saturated rings. The van der Waals surface area contributed by atoms with Gasteiger partial charge in [0.15, 0.2) is 23.2 Å². The Morgan fingerprint density at radius 1 is 1.07 bits per heavy atom. The number of aryl methyl sites for hydroxylation is 1. The Morgan fingerprint density at radius 2 is 1.81 bits per heavy atom. The fourth-order valence-electron chi connectivity index (χ4n) is 2.40. The van der Waals surface area contributed by atoms with E-state index in [0.717, 1.165) is 16.8 Å². The van der Waals surface area contributed by atoms with Gasteiger partial charge in [0.25, 0.3) is 5.91 Å². The van der Waals surface area contributed by atoms with Crippen LogP contribution in [-0.2, 0) is 4.79 Å². The molecule has 0 unspecified atom stereocenters. The molecule has 1 N–H and O–H groups in total. The minimum atomic E-state index is -0.260. The maximum Gasteiger partial charge on any atom is 0.264 e. The van der Waals surface area contributed by atoms with E-state index in [2.05, 4.69) is 10.3 Å². The molecule has 0 saturated heterocycles. The van der Waals surface area contributed by atoms with Crippen LogP contribution in [0.5, 0.6) is 17.2 Å².